The van der Waals surface area contributed by atoms with E-state index >= 15 is 0 Å². The number of carbonyl (C=O) groups excluding carboxylic acids is 1. The van der Waals surface area contributed by atoms with Crippen LogP contribution in [0.1, 0.15) is 43.5 Å². The fourth-order valence-electron chi connectivity index (χ4n) is 2.50. The lowest BCUT2D eigenvalue weighted by Gasteiger charge is -2.39. The van der Waals surface area contributed by atoms with Crippen molar-refractivity contribution in [1.29, 1.82) is 0 Å². The Hall–Kier alpha value is -1.09. The molecular weight excluding hydrogens is 236 g/mol. The van der Waals surface area contributed by atoms with E-state index in [1.165, 1.54) is 6.42 Å². The third-order valence-electron chi connectivity index (χ3n) is 3.43. The van der Waals surface area contributed by atoms with Gasteiger partial charge in [0.1, 0.15) is 0 Å². The van der Waals surface area contributed by atoms with Gasteiger partial charge < -0.3 is 4.90 Å². The molecule has 1 aromatic rings. The van der Waals surface area contributed by atoms with Crippen molar-refractivity contribution in [3.63, 3.8) is 0 Å². The third-order valence-corrected chi connectivity index (χ3v) is 3.76. The van der Waals surface area contributed by atoms with Crippen molar-refractivity contribution in [3.8, 4) is 0 Å². The summed E-state index contributed by atoms with van der Waals surface area (Å²) < 4.78 is 0. The highest BCUT2D eigenvalue weighted by Gasteiger charge is 2.30. The van der Waals surface area contributed by atoms with Crippen LogP contribution in [0, 0.1) is 0 Å². The molecule has 1 saturated heterocycles. The molecule has 0 spiro atoms. The molecule has 92 valence electrons. The molecule has 2 rings (SSSR count). The molecule has 4 heteroatoms. The molecule has 0 N–H and O–H groups in total. The molecule has 1 aliphatic rings. The number of carbonyl (C=O) groups is 1. The van der Waals surface area contributed by atoms with Crippen LogP contribution in [0.25, 0.3) is 0 Å². The number of amides is 1. The molecular formula is C13H17ClN2O. The highest BCUT2D eigenvalue weighted by molar-refractivity contribution is 6.33. The molecule has 0 bridgehead atoms. The Kier molecular flexibility index (Phi) is 3.67. The monoisotopic (exact) mass is 252 g/mol. The summed E-state index contributed by atoms with van der Waals surface area (Å²) in [6.07, 6.45) is 6.47. The molecule has 1 aliphatic heterocycles. The van der Waals surface area contributed by atoms with Crippen molar-refractivity contribution < 1.29 is 4.79 Å². The minimum absolute atomic E-state index is 0.00259. The van der Waals surface area contributed by atoms with Crippen LogP contribution >= 0.6 is 11.6 Å². The fraction of sp³-hybridized carbons (Fsp3) is 0.538. The molecule has 2 heterocycles. The minimum atomic E-state index is 0.00259. The first-order valence-electron chi connectivity index (χ1n) is 6.03. The molecule has 0 aliphatic carbocycles. The Bertz CT molecular complexity index is 412. The molecule has 3 nitrogen and oxygen atoms in total. The standard InChI is InChI=1S/C13H17ClN2O/c1-9-4-3-5-10(2)16(9)13(17)11-8-15-7-6-12(11)14/h6-10H,3-5H2,1-2H3. The lowest BCUT2D eigenvalue weighted by molar-refractivity contribution is 0.0510. The van der Waals surface area contributed by atoms with E-state index in [1.54, 1.807) is 18.5 Å². The van der Waals surface area contributed by atoms with Gasteiger partial charge >= 0.3 is 0 Å². The van der Waals surface area contributed by atoms with E-state index in [4.69, 9.17) is 11.6 Å². The Balaban J connectivity index is 2.27. The van der Waals surface area contributed by atoms with Crippen LogP contribution in [-0.4, -0.2) is 27.9 Å². The lowest BCUT2D eigenvalue weighted by atomic mass is 9.96. The van der Waals surface area contributed by atoms with Gasteiger partial charge in [-0.2, -0.15) is 0 Å². The number of aromatic nitrogens is 1. The second-order valence-electron chi connectivity index (χ2n) is 4.70. The van der Waals surface area contributed by atoms with Gasteiger partial charge in [0.15, 0.2) is 0 Å². The average molecular weight is 253 g/mol. The maximum atomic E-state index is 12.4. The summed E-state index contributed by atoms with van der Waals surface area (Å²) in [6.45, 7) is 4.19. The summed E-state index contributed by atoms with van der Waals surface area (Å²) in [6, 6.07) is 2.22. The molecule has 1 fully saturated rings. The van der Waals surface area contributed by atoms with Gasteiger partial charge in [-0.3, -0.25) is 9.78 Å². The highest BCUT2D eigenvalue weighted by atomic mass is 35.5. The summed E-state index contributed by atoms with van der Waals surface area (Å²) in [7, 11) is 0. The second-order valence-corrected chi connectivity index (χ2v) is 5.10. The summed E-state index contributed by atoms with van der Waals surface area (Å²) in [5, 5.41) is 0.481. The van der Waals surface area contributed by atoms with Crippen LogP contribution in [0.4, 0.5) is 0 Å². The number of pyridine rings is 1. The van der Waals surface area contributed by atoms with Crippen LogP contribution in [0.3, 0.4) is 0 Å². The van der Waals surface area contributed by atoms with Crippen LogP contribution in [0.2, 0.25) is 5.02 Å². The van der Waals surface area contributed by atoms with E-state index < -0.39 is 0 Å². The SMILES string of the molecule is CC1CCCC(C)N1C(=O)c1cnccc1Cl. The maximum Gasteiger partial charge on any atom is 0.257 e. The summed E-state index contributed by atoms with van der Waals surface area (Å²) >= 11 is 6.05. The predicted octanol–water partition coefficient (Wildman–Crippen LogP) is 3.14. The molecule has 1 aromatic heterocycles. The molecule has 17 heavy (non-hydrogen) atoms. The van der Waals surface area contributed by atoms with E-state index in [1.807, 2.05) is 4.90 Å². The zero-order valence-electron chi connectivity index (χ0n) is 10.2. The third kappa shape index (κ3) is 2.44. The summed E-state index contributed by atoms with van der Waals surface area (Å²) in [5.41, 5.74) is 0.509. The Morgan fingerprint density at radius 3 is 2.65 bits per heavy atom. The zero-order chi connectivity index (χ0) is 12.4. The van der Waals surface area contributed by atoms with Crippen LogP contribution < -0.4 is 0 Å². The molecule has 0 saturated carbocycles. The van der Waals surface area contributed by atoms with Crippen molar-refractivity contribution in [3.05, 3.63) is 29.0 Å². The lowest BCUT2D eigenvalue weighted by Crippen LogP contribution is -2.47. The Morgan fingerprint density at radius 2 is 2.06 bits per heavy atom. The van der Waals surface area contributed by atoms with Crippen molar-refractivity contribution in [2.75, 3.05) is 0 Å². The van der Waals surface area contributed by atoms with E-state index in [0.29, 0.717) is 10.6 Å². The number of hydrogen-bond donors (Lipinski definition) is 0. The molecule has 2 unspecified atom stereocenters. The van der Waals surface area contributed by atoms with Crippen molar-refractivity contribution >= 4 is 17.5 Å². The Labute approximate surface area is 107 Å². The van der Waals surface area contributed by atoms with Crippen molar-refractivity contribution in [2.45, 2.75) is 45.2 Å². The number of rotatable bonds is 1. The predicted molar refractivity (Wildman–Crippen MR) is 68.2 cm³/mol. The average Bonchev–Trinajstić information content (AvgIpc) is 2.29. The van der Waals surface area contributed by atoms with E-state index in [-0.39, 0.29) is 18.0 Å². The Morgan fingerprint density at radius 1 is 1.41 bits per heavy atom. The number of likely N-dealkylation sites (tertiary alicyclic amines) is 1. The second kappa shape index (κ2) is 5.05. The quantitative estimate of drug-likeness (QED) is 0.769. The van der Waals surface area contributed by atoms with E-state index in [2.05, 4.69) is 18.8 Å². The minimum Gasteiger partial charge on any atom is -0.333 e. The van der Waals surface area contributed by atoms with Gasteiger partial charge in [-0.05, 0) is 39.2 Å². The van der Waals surface area contributed by atoms with Crippen LogP contribution in [0.5, 0.6) is 0 Å². The van der Waals surface area contributed by atoms with Gasteiger partial charge in [-0.15, -0.1) is 0 Å². The molecule has 1 amide bonds. The van der Waals surface area contributed by atoms with Crippen LogP contribution in [0.15, 0.2) is 18.5 Å². The van der Waals surface area contributed by atoms with E-state index in [0.717, 1.165) is 12.8 Å². The molecule has 0 aromatic carbocycles. The first-order chi connectivity index (χ1) is 8.11. The molecule has 2 atom stereocenters. The number of hydrogen-bond acceptors (Lipinski definition) is 2. The fourth-order valence-corrected chi connectivity index (χ4v) is 2.68. The number of piperidine rings is 1. The van der Waals surface area contributed by atoms with Gasteiger partial charge in [0.25, 0.3) is 5.91 Å². The largest absolute Gasteiger partial charge is 0.333 e. The van der Waals surface area contributed by atoms with Gasteiger partial charge in [-0.1, -0.05) is 11.6 Å². The van der Waals surface area contributed by atoms with Gasteiger partial charge in [0.2, 0.25) is 0 Å². The molecule has 0 radical (unpaired) electrons. The zero-order valence-corrected chi connectivity index (χ0v) is 10.9. The first kappa shape index (κ1) is 12.4. The normalized spacial score (nSPS) is 24.8. The van der Waals surface area contributed by atoms with Crippen LogP contribution in [-0.2, 0) is 0 Å². The summed E-state index contributed by atoms with van der Waals surface area (Å²) in [5.74, 6) is 0.00259. The van der Waals surface area contributed by atoms with Gasteiger partial charge in [0, 0.05) is 24.5 Å². The highest BCUT2D eigenvalue weighted by Crippen LogP contribution is 2.26. The van der Waals surface area contributed by atoms with Crippen molar-refractivity contribution in [1.82, 2.24) is 9.88 Å². The van der Waals surface area contributed by atoms with E-state index in [9.17, 15) is 4.79 Å². The van der Waals surface area contributed by atoms with Gasteiger partial charge in [-0.25, -0.2) is 0 Å². The number of halogens is 1. The van der Waals surface area contributed by atoms with Gasteiger partial charge in [0.05, 0.1) is 10.6 Å². The smallest absolute Gasteiger partial charge is 0.257 e. The first-order valence-corrected chi connectivity index (χ1v) is 6.41. The maximum absolute atomic E-state index is 12.4. The summed E-state index contributed by atoms with van der Waals surface area (Å²) in [4.78, 5) is 18.4. The topological polar surface area (TPSA) is 33.2 Å². The number of nitrogens with zero attached hydrogens (tertiary/aromatic N) is 2. The van der Waals surface area contributed by atoms with Crippen molar-refractivity contribution in [2.24, 2.45) is 0 Å².